The standard InChI is InChI=1S/C50H97NO3/c1-3-5-7-9-11-13-15-17-19-21-22-23-24-25-26-27-28-29-30-31-33-35-37-39-41-43-45-49(53)48(47-52)51-50(54)46-44-42-40-38-36-34-32-20-18-16-14-12-10-8-6-4-2/h20,32,43,45,48-49,52-53H,3-19,21-31,33-42,44,46-47H2,1-2H3,(H,51,54)/b32-20-,45-43+. The van der Waals surface area contributed by atoms with Gasteiger partial charge in [-0.3, -0.25) is 4.79 Å². The summed E-state index contributed by atoms with van der Waals surface area (Å²) < 4.78 is 0. The maximum Gasteiger partial charge on any atom is 0.220 e. The number of aliphatic hydroxyl groups is 2. The summed E-state index contributed by atoms with van der Waals surface area (Å²) in [5.41, 5.74) is 0. The fourth-order valence-electron chi connectivity index (χ4n) is 7.65. The van der Waals surface area contributed by atoms with Crippen LogP contribution in [0.4, 0.5) is 0 Å². The number of carbonyl (C=O) groups is 1. The number of nitrogens with one attached hydrogen (secondary N) is 1. The van der Waals surface area contributed by atoms with Gasteiger partial charge < -0.3 is 15.5 Å². The molecule has 0 spiro atoms. The summed E-state index contributed by atoms with van der Waals surface area (Å²) in [7, 11) is 0. The second kappa shape index (κ2) is 46.3. The molecule has 0 fully saturated rings. The van der Waals surface area contributed by atoms with Crippen LogP contribution in [-0.4, -0.2) is 34.9 Å². The summed E-state index contributed by atoms with van der Waals surface area (Å²) in [5.74, 6) is -0.0696. The molecule has 1 amide bonds. The van der Waals surface area contributed by atoms with Gasteiger partial charge in [-0.25, -0.2) is 0 Å². The van der Waals surface area contributed by atoms with Crippen LogP contribution in [0.5, 0.6) is 0 Å². The maximum atomic E-state index is 12.4. The van der Waals surface area contributed by atoms with Gasteiger partial charge in [-0.05, 0) is 44.9 Å². The second-order valence-corrected chi connectivity index (χ2v) is 16.9. The van der Waals surface area contributed by atoms with Gasteiger partial charge in [0, 0.05) is 6.42 Å². The first-order chi connectivity index (χ1) is 26.7. The van der Waals surface area contributed by atoms with Crippen LogP contribution in [0.2, 0.25) is 0 Å². The zero-order chi connectivity index (χ0) is 39.3. The van der Waals surface area contributed by atoms with E-state index in [4.69, 9.17) is 0 Å². The number of carbonyl (C=O) groups excluding carboxylic acids is 1. The summed E-state index contributed by atoms with van der Waals surface area (Å²) in [6.45, 7) is 4.32. The number of unbranched alkanes of at least 4 members (excludes halogenated alkanes) is 36. The van der Waals surface area contributed by atoms with Gasteiger partial charge in [0.05, 0.1) is 18.8 Å². The number of rotatable bonds is 45. The van der Waals surface area contributed by atoms with E-state index in [1.54, 1.807) is 6.08 Å². The van der Waals surface area contributed by atoms with Crippen LogP contribution in [0, 0.1) is 0 Å². The van der Waals surface area contributed by atoms with Crippen molar-refractivity contribution in [1.82, 2.24) is 5.32 Å². The predicted octanol–water partition coefficient (Wildman–Crippen LogP) is 15.6. The van der Waals surface area contributed by atoms with Crippen molar-refractivity contribution in [2.75, 3.05) is 6.61 Å². The van der Waals surface area contributed by atoms with Crippen LogP contribution in [0.3, 0.4) is 0 Å². The molecule has 0 bridgehead atoms. The highest BCUT2D eigenvalue weighted by atomic mass is 16.3. The number of hydrogen-bond acceptors (Lipinski definition) is 3. The van der Waals surface area contributed by atoms with Crippen LogP contribution in [0.15, 0.2) is 24.3 Å². The van der Waals surface area contributed by atoms with Gasteiger partial charge in [0.2, 0.25) is 5.91 Å². The monoisotopic (exact) mass is 760 g/mol. The Kier molecular flexibility index (Phi) is 45.3. The Morgan fingerprint density at radius 1 is 0.426 bits per heavy atom. The zero-order valence-corrected chi connectivity index (χ0v) is 36.8. The van der Waals surface area contributed by atoms with Crippen LogP contribution in [-0.2, 0) is 4.79 Å². The SMILES string of the molecule is CCCCCCCCC/C=C\CCCCCCCC(=O)NC(CO)C(O)/C=C/CCCCCCCCCCCCCCCCCCCCCCCCCC. The quantitative estimate of drug-likeness (QED) is 0.0428. The lowest BCUT2D eigenvalue weighted by molar-refractivity contribution is -0.123. The molecule has 0 aliphatic carbocycles. The molecule has 4 heteroatoms. The first-order valence-electron chi connectivity index (χ1n) is 24.6. The molecule has 2 atom stereocenters. The Morgan fingerprint density at radius 3 is 1.02 bits per heavy atom. The molecule has 0 aliphatic rings. The molecule has 0 aromatic heterocycles. The van der Waals surface area contributed by atoms with Gasteiger partial charge in [0.1, 0.15) is 0 Å². The van der Waals surface area contributed by atoms with Crippen LogP contribution in [0.25, 0.3) is 0 Å². The van der Waals surface area contributed by atoms with Gasteiger partial charge >= 0.3 is 0 Å². The molecule has 0 aromatic rings. The predicted molar refractivity (Wildman–Crippen MR) is 239 cm³/mol. The number of hydrogen-bond donors (Lipinski definition) is 3. The molecule has 0 aromatic carbocycles. The highest BCUT2D eigenvalue weighted by molar-refractivity contribution is 5.76. The lowest BCUT2D eigenvalue weighted by atomic mass is 10.0. The molecule has 3 N–H and O–H groups in total. The first kappa shape index (κ1) is 52.9. The van der Waals surface area contributed by atoms with Gasteiger partial charge in [0.25, 0.3) is 0 Å². The Morgan fingerprint density at radius 2 is 0.704 bits per heavy atom. The number of aliphatic hydroxyl groups excluding tert-OH is 2. The third-order valence-corrected chi connectivity index (χ3v) is 11.4. The average molecular weight is 760 g/mol. The molecule has 0 saturated carbocycles. The summed E-state index contributed by atoms with van der Waals surface area (Å²) in [5, 5.41) is 23.1. The summed E-state index contributed by atoms with van der Waals surface area (Å²) in [6, 6.07) is -0.624. The lowest BCUT2D eigenvalue weighted by Gasteiger charge is -2.20. The van der Waals surface area contributed by atoms with Crippen molar-refractivity contribution in [1.29, 1.82) is 0 Å². The van der Waals surface area contributed by atoms with Gasteiger partial charge in [-0.15, -0.1) is 0 Å². The minimum atomic E-state index is -0.841. The molecule has 54 heavy (non-hydrogen) atoms. The molecular formula is C50H97NO3. The van der Waals surface area contributed by atoms with Crippen molar-refractivity contribution in [2.24, 2.45) is 0 Å². The van der Waals surface area contributed by atoms with Crippen LogP contribution < -0.4 is 5.32 Å². The van der Waals surface area contributed by atoms with E-state index in [-0.39, 0.29) is 12.5 Å². The molecule has 0 heterocycles. The molecular weight excluding hydrogens is 663 g/mol. The summed E-state index contributed by atoms with van der Waals surface area (Å²) in [4.78, 5) is 12.4. The van der Waals surface area contributed by atoms with E-state index in [0.717, 1.165) is 32.1 Å². The normalized spacial score (nSPS) is 13.0. The van der Waals surface area contributed by atoms with E-state index >= 15 is 0 Å². The Bertz CT molecular complexity index is 780. The highest BCUT2D eigenvalue weighted by Gasteiger charge is 2.18. The maximum absolute atomic E-state index is 12.4. The minimum absolute atomic E-state index is 0.0696. The molecule has 2 unspecified atom stereocenters. The fourth-order valence-corrected chi connectivity index (χ4v) is 7.65. The fraction of sp³-hybridized carbons (Fsp3) is 0.900. The number of amides is 1. The summed E-state index contributed by atoms with van der Waals surface area (Å²) in [6.07, 6.45) is 60.2. The van der Waals surface area contributed by atoms with Crippen molar-refractivity contribution in [2.45, 2.75) is 283 Å². The molecule has 0 radical (unpaired) electrons. The van der Waals surface area contributed by atoms with Crippen molar-refractivity contribution >= 4 is 5.91 Å². The molecule has 0 aliphatic heterocycles. The Hall–Kier alpha value is -1.13. The lowest BCUT2D eigenvalue weighted by Crippen LogP contribution is -2.45. The van der Waals surface area contributed by atoms with Crippen LogP contribution >= 0.6 is 0 Å². The Balaban J connectivity index is 3.50. The second-order valence-electron chi connectivity index (χ2n) is 16.9. The van der Waals surface area contributed by atoms with E-state index in [9.17, 15) is 15.0 Å². The third kappa shape index (κ3) is 42.0. The average Bonchev–Trinajstić information content (AvgIpc) is 3.18. The van der Waals surface area contributed by atoms with Crippen molar-refractivity contribution in [3.8, 4) is 0 Å². The smallest absolute Gasteiger partial charge is 0.220 e. The van der Waals surface area contributed by atoms with E-state index in [0.29, 0.717) is 6.42 Å². The first-order valence-corrected chi connectivity index (χ1v) is 24.6. The molecule has 4 nitrogen and oxygen atoms in total. The van der Waals surface area contributed by atoms with Crippen molar-refractivity contribution in [3.63, 3.8) is 0 Å². The van der Waals surface area contributed by atoms with Gasteiger partial charge in [-0.1, -0.05) is 244 Å². The molecule has 320 valence electrons. The van der Waals surface area contributed by atoms with Crippen molar-refractivity contribution < 1.29 is 15.0 Å². The largest absolute Gasteiger partial charge is 0.394 e. The van der Waals surface area contributed by atoms with Gasteiger partial charge in [-0.2, -0.15) is 0 Å². The van der Waals surface area contributed by atoms with E-state index < -0.39 is 12.1 Å². The summed E-state index contributed by atoms with van der Waals surface area (Å²) >= 11 is 0. The third-order valence-electron chi connectivity index (χ3n) is 11.4. The van der Waals surface area contributed by atoms with E-state index in [2.05, 4.69) is 31.3 Å². The van der Waals surface area contributed by atoms with Gasteiger partial charge in [0.15, 0.2) is 0 Å². The molecule has 0 saturated heterocycles. The van der Waals surface area contributed by atoms with E-state index in [1.165, 1.54) is 218 Å². The topological polar surface area (TPSA) is 69.6 Å². The zero-order valence-electron chi connectivity index (χ0n) is 36.8. The number of allylic oxidation sites excluding steroid dienone is 3. The van der Waals surface area contributed by atoms with Crippen molar-refractivity contribution in [3.05, 3.63) is 24.3 Å². The minimum Gasteiger partial charge on any atom is -0.394 e. The highest BCUT2D eigenvalue weighted by Crippen LogP contribution is 2.16. The molecule has 0 rings (SSSR count). The van der Waals surface area contributed by atoms with E-state index in [1.807, 2.05) is 6.08 Å². The van der Waals surface area contributed by atoms with Crippen LogP contribution in [0.1, 0.15) is 271 Å². The Labute approximate surface area is 339 Å².